The predicted molar refractivity (Wildman–Crippen MR) is 114 cm³/mol. The van der Waals surface area contributed by atoms with Gasteiger partial charge in [0.05, 0.1) is 11.8 Å². The summed E-state index contributed by atoms with van der Waals surface area (Å²) in [4.78, 5) is 39.4. The number of rotatable bonds is 7. The first-order chi connectivity index (χ1) is 14.3. The molecule has 0 spiro atoms. The molecular formula is C24H22N2O4. The molecule has 0 fully saturated rings. The minimum absolute atomic E-state index is 0.00830. The summed E-state index contributed by atoms with van der Waals surface area (Å²) in [7, 11) is 0. The van der Waals surface area contributed by atoms with E-state index in [0.717, 1.165) is 5.56 Å². The molecule has 1 atom stereocenters. The van der Waals surface area contributed by atoms with Gasteiger partial charge in [-0.1, -0.05) is 24.3 Å². The number of carbonyl (C=O) groups excluding carboxylic acids is 3. The number of ketones is 2. The van der Waals surface area contributed by atoms with Gasteiger partial charge in [-0.3, -0.25) is 19.4 Å². The van der Waals surface area contributed by atoms with E-state index < -0.39 is 0 Å². The van der Waals surface area contributed by atoms with Crippen molar-refractivity contribution in [3.8, 4) is 5.75 Å². The number of nitrogens with one attached hydrogen (secondary N) is 1. The molecule has 1 unspecified atom stereocenters. The molecule has 30 heavy (non-hydrogen) atoms. The third kappa shape index (κ3) is 5.17. The lowest BCUT2D eigenvalue weighted by Gasteiger charge is -2.15. The topological polar surface area (TPSA) is 85.4 Å². The molecule has 1 heterocycles. The number of Topliss-reactive ketones (excluding diaryl/α,β-unsaturated/α-hetero) is 2. The lowest BCUT2D eigenvalue weighted by Crippen LogP contribution is -2.13. The van der Waals surface area contributed by atoms with E-state index in [4.69, 9.17) is 4.74 Å². The number of carbonyl (C=O) groups is 3. The van der Waals surface area contributed by atoms with Gasteiger partial charge in [0.15, 0.2) is 11.6 Å². The van der Waals surface area contributed by atoms with E-state index >= 15 is 0 Å². The van der Waals surface area contributed by atoms with Crippen LogP contribution in [0.4, 0.5) is 5.69 Å². The Bertz CT molecular complexity index is 1070. The summed E-state index contributed by atoms with van der Waals surface area (Å²) in [6.07, 6.45) is 2.71. The maximum atomic E-state index is 12.5. The number of benzene rings is 2. The van der Waals surface area contributed by atoms with E-state index in [2.05, 4.69) is 10.3 Å². The first-order valence-corrected chi connectivity index (χ1v) is 9.48. The van der Waals surface area contributed by atoms with Gasteiger partial charge >= 0.3 is 0 Å². The van der Waals surface area contributed by atoms with Crippen molar-refractivity contribution in [2.75, 3.05) is 5.32 Å². The number of ether oxygens (including phenoxy) is 1. The van der Waals surface area contributed by atoms with Gasteiger partial charge in [0.2, 0.25) is 0 Å². The smallest absolute Gasteiger partial charge is 0.257 e. The quantitative estimate of drug-likeness (QED) is 0.569. The molecule has 0 bridgehead atoms. The Hall–Kier alpha value is -3.80. The Morgan fingerprint density at radius 1 is 0.833 bits per heavy atom. The zero-order valence-corrected chi connectivity index (χ0v) is 17.0. The number of hydrogen-bond donors (Lipinski definition) is 1. The summed E-state index contributed by atoms with van der Waals surface area (Å²) in [5, 5.41) is 2.78. The normalized spacial score (nSPS) is 11.4. The van der Waals surface area contributed by atoms with Crippen LogP contribution in [0.15, 0.2) is 67.0 Å². The van der Waals surface area contributed by atoms with Crippen molar-refractivity contribution in [1.82, 2.24) is 4.98 Å². The monoisotopic (exact) mass is 402 g/mol. The first kappa shape index (κ1) is 20.9. The molecule has 6 nitrogen and oxygen atoms in total. The van der Waals surface area contributed by atoms with Crippen molar-refractivity contribution >= 4 is 23.2 Å². The highest BCUT2D eigenvalue weighted by Crippen LogP contribution is 2.23. The van der Waals surface area contributed by atoms with E-state index in [0.29, 0.717) is 28.1 Å². The highest BCUT2D eigenvalue weighted by molar-refractivity contribution is 6.04. The van der Waals surface area contributed by atoms with Crippen molar-refractivity contribution in [2.24, 2.45) is 0 Å². The van der Waals surface area contributed by atoms with Gasteiger partial charge in [0.25, 0.3) is 5.91 Å². The molecule has 1 N–H and O–H groups in total. The zero-order valence-electron chi connectivity index (χ0n) is 17.0. The first-order valence-electron chi connectivity index (χ1n) is 9.48. The molecule has 0 aliphatic carbocycles. The Morgan fingerprint density at radius 3 is 1.97 bits per heavy atom. The molecule has 0 aliphatic heterocycles. The molecule has 3 aromatic rings. The molecule has 0 saturated heterocycles. The fourth-order valence-corrected chi connectivity index (χ4v) is 2.86. The average molecular weight is 402 g/mol. The molecule has 1 aromatic heterocycles. The second-order valence-corrected chi connectivity index (χ2v) is 6.94. The maximum absolute atomic E-state index is 12.5. The molecule has 0 radical (unpaired) electrons. The average Bonchev–Trinajstić information content (AvgIpc) is 2.74. The van der Waals surface area contributed by atoms with E-state index in [1.54, 1.807) is 48.7 Å². The van der Waals surface area contributed by atoms with Crippen LogP contribution in [-0.2, 0) is 0 Å². The number of pyridine rings is 1. The van der Waals surface area contributed by atoms with Crippen molar-refractivity contribution in [3.63, 3.8) is 0 Å². The molecule has 0 saturated carbocycles. The number of nitrogens with zero attached hydrogens (tertiary/aromatic N) is 1. The summed E-state index contributed by atoms with van der Waals surface area (Å²) >= 11 is 0. The Kier molecular flexibility index (Phi) is 6.37. The lowest BCUT2D eigenvalue weighted by molar-refractivity contribution is 0.100. The third-order valence-electron chi connectivity index (χ3n) is 4.62. The largest absolute Gasteiger partial charge is 0.484 e. The van der Waals surface area contributed by atoms with Crippen LogP contribution in [-0.4, -0.2) is 22.5 Å². The Labute approximate surface area is 174 Å². The zero-order chi connectivity index (χ0) is 21.7. The van der Waals surface area contributed by atoms with Crippen LogP contribution in [0.1, 0.15) is 63.5 Å². The fraction of sp³-hybridized carbons (Fsp3) is 0.167. The summed E-state index contributed by atoms with van der Waals surface area (Å²) in [6, 6.07) is 15.5. The van der Waals surface area contributed by atoms with Crippen LogP contribution in [0.2, 0.25) is 0 Å². The fourth-order valence-electron chi connectivity index (χ4n) is 2.86. The van der Waals surface area contributed by atoms with Gasteiger partial charge < -0.3 is 10.1 Å². The van der Waals surface area contributed by atoms with Crippen LogP contribution in [0, 0.1) is 0 Å². The summed E-state index contributed by atoms with van der Waals surface area (Å²) in [6.45, 7) is 4.89. The lowest BCUT2D eigenvalue weighted by atomic mass is 10.1. The minimum atomic E-state index is -0.331. The second kappa shape index (κ2) is 9.13. The predicted octanol–water partition coefficient (Wildman–Crippen LogP) is 4.88. The molecule has 3 rings (SSSR count). The van der Waals surface area contributed by atoms with Gasteiger partial charge in [-0.2, -0.15) is 0 Å². The van der Waals surface area contributed by atoms with Gasteiger partial charge in [-0.15, -0.1) is 0 Å². The SMILES string of the molecule is CC(=O)c1ccc(NC(=O)c2cncc(OC(C)c3ccc(C(C)=O)cc3)c2)cc1. The highest BCUT2D eigenvalue weighted by atomic mass is 16.5. The standard InChI is InChI=1S/C24H22N2O4/c1-15(27)18-4-6-20(7-5-18)17(3)30-23-12-21(13-25-14-23)24(29)26-22-10-8-19(9-11-22)16(2)28/h4-14,17H,1-3H3,(H,26,29). The number of amides is 1. The van der Waals surface area contributed by atoms with Gasteiger partial charge in [-0.25, -0.2) is 0 Å². The van der Waals surface area contributed by atoms with Crippen LogP contribution in [0.5, 0.6) is 5.75 Å². The van der Waals surface area contributed by atoms with E-state index in [-0.39, 0.29) is 23.6 Å². The molecule has 0 aliphatic rings. The molecule has 6 heteroatoms. The number of aromatic nitrogens is 1. The second-order valence-electron chi connectivity index (χ2n) is 6.94. The molecular weight excluding hydrogens is 380 g/mol. The van der Waals surface area contributed by atoms with Crippen molar-refractivity contribution in [1.29, 1.82) is 0 Å². The number of hydrogen-bond acceptors (Lipinski definition) is 5. The van der Waals surface area contributed by atoms with Gasteiger partial charge in [-0.05, 0) is 56.7 Å². The van der Waals surface area contributed by atoms with Crippen LogP contribution < -0.4 is 10.1 Å². The van der Waals surface area contributed by atoms with Crippen LogP contribution >= 0.6 is 0 Å². The Balaban J connectivity index is 1.68. The van der Waals surface area contributed by atoms with E-state index in [1.807, 2.05) is 19.1 Å². The van der Waals surface area contributed by atoms with Crippen LogP contribution in [0.3, 0.4) is 0 Å². The molecule has 1 amide bonds. The van der Waals surface area contributed by atoms with Gasteiger partial charge in [0, 0.05) is 23.0 Å². The third-order valence-corrected chi connectivity index (χ3v) is 4.62. The summed E-state index contributed by atoms with van der Waals surface area (Å²) < 4.78 is 5.92. The van der Waals surface area contributed by atoms with E-state index in [9.17, 15) is 14.4 Å². The minimum Gasteiger partial charge on any atom is -0.484 e. The molecule has 152 valence electrons. The van der Waals surface area contributed by atoms with Crippen molar-refractivity contribution < 1.29 is 19.1 Å². The van der Waals surface area contributed by atoms with Crippen molar-refractivity contribution in [3.05, 3.63) is 89.2 Å². The Morgan fingerprint density at radius 2 is 1.40 bits per heavy atom. The summed E-state index contributed by atoms with van der Waals surface area (Å²) in [5.74, 6) is 0.0978. The van der Waals surface area contributed by atoms with E-state index in [1.165, 1.54) is 20.0 Å². The van der Waals surface area contributed by atoms with Crippen LogP contribution in [0.25, 0.3) is 0 Å². The number of anilines is 1. The maximum Gasteiger partial charge on any atom is 0.257 e. The molecule has 2 aromatic carbocycles. The van der Waals surface area contributed by atoms with Gasteiger partial charge in [0.1, 0.15) is 11.9 Å². The van der Waals surface area contributed by atoms with Crippen molar-refractivity contribution in [2.45, 2.75) is 26.9 Å². The highest BCUT2D eigenvalue weighted by Gasteiger charge is 2.12. The summed E-state index contributed by atoms with van der Waals surface area (Å²) in [5.41, 5.74) is 3.05.